The van der Waals surface area contributed by atoms with Crippen LogP contribution in [0.15, 0.2) is 24.3 Å². The van der Waals surface area contributed by atoms with Crippen molar-refractivity contribution < 1.29 is 28.2 Å². The van der Waals surface area contributed by atoms with Crippen LogP contribution in [0.2, 0.25) is 0 Å². The monoisotopic (exact) mass is 374 g/mol. The lowest BCUT2D eigenvalue weighted by Crippen LogP contribution is -2.49. The third-order valence-electron chi connectivity index (χ3n) is 5.35. The fourth-order valence-electron chi connectivity index (χ4n) is 3.29. The first-order valence-corrected chi connectivity index (χ1v) is 8.13. The third-order valence-corrected chi connectivity index (χ3v) is 5.43. The maximum atomic E-state index is 12.6. The van der Waals surface area contributed by atoms with Gasteiger partial charge in [0.05, 0.1) is 0 Å². The zero-order valence-corrected chi connectivity index (χ0v) is 14.8. The number of aliphatic carboxylic acids is 1. The molecule has 138 valence electrons. The van der Waals surface area contributed by atoms with Gasteiger partial charge in [-0.1, -0.05) is 20.8 Å². The Bertz CT molecular complexity index is 672. The molecule has 8 heteroatoms. The van der Waals surface area contributed by atoms with E-state index < -0.39 is 28.3 Å². The first kappa shape index (κ1) is 19.4. The van der Waals surface area contributed by atoms with Gasteiger partial charge in [-0.2, -0.15) is 0 Å². The predicted octanol–water partition coefficient (Wildman–Crippen LogP) is 2.99. The molecule has 0 heterocycles. The topological polar surface area (TPSA) is 78.5 Å². The van der Waals surface area contributed by atoms with Gasteiger partial charge in [-0.15, -0.1) is 8.78 Å². The van der Waals surface area contributed by atoms with E-state index >= 15 is 0 Å². The Morgan fingerprint density at radius 2 is 1.84 bits per heavy atom. The summed E-state index contributed by atoms with van der Waals surface area (Å²) in [5.74, 6) is -2.16. The Morgan fingerprint density at radius 3 is 2.28 bits per heavy atom. The summed E-state index contributed by atoms with van der Waals surface area (Å²) < 4.78 is 29.3. The van der Waals surface area contributed by atoms with Crippen LogP contribution in [-0.2, 0) is 9.59 Å². The number of nitrogens with one attached hydrogen (secondary N) is 1. The van der Waals surface area contributed by atoms with Crippen LogP contribution in [0.4, 0.5) is 14.5 Å². The number of carboxylic acid groups (broad SMARTS) is 1. The summed E-state index contributed by atoms with van der Waals surface area (Å²) in [4.78, 5) is 24.0. The van der Waals surface area contributed by atoms with Crippen LogP contribution in [0, 0.1) is 16.7 Å². The number of hydrogen-bond donors (Lipinski definition) is 1. The van der Waals surface area contributed by atoms with Gasteiger partial charge in [-0.05, 0) is 42.5 Å². The van der Waals surface area contributed by atoms with Crippen LogP contribution >= 0.6 is 11.6 Å². The van der Waals surface area contributed by atoms with E-state index in [1.165, 1.54) is 24.3 Å². The molecule has 0 radical (unpaired) electrons. The molecule has 0 saturated heterocycles. The molecule has 0 spiro atoms. The molecule has 0 bridgehead atoms. The first-order chi connectivity index (χ1) is 11.4. The zero-order chi connectivity index (χ0) is 19.0. The van der Waals surface area contributed by atoms with Crippen molar-refractivity contribution in [3.8, 4) is 5.75 Å². The van der Waals surface area contributed by atoms with Crippen molar-refractivity contribution in [3.63, 3.8) is 0 Å². The maximum Gasteiger partial charge on any atom is 0.487 e. The quantitative estimate of drug-likeness (QED) is 0.804. The van der Waals surface area contributed by atoms with Gasteiger partial charge in [0.1, 0.15) is 5.75 Å². The summed E-state index contributed by atoms with van der Waals surface area (Å²) >= 11 is 4.68. The van der Waals surface area contributed by atoms with Gasteiger partial charge in [-0.3, -0.25) is 4.79 Å². The van der Waals surface area contributed by atoms with E-state index in [4.69, 9.17) is 0 Å². The van der Waals surface area contributed by atoms with Crippen molar-refractivity contribution in [2.75, 3.05) is 5.32 Å². The smallest absolute Gasteiger partial charge is 0.487 e. The van der Waals surface area contributed by atoms with E-state index in [1.54, 1.807) is 20.8 Å². The fraction of sp³-hybridized carbons (Fsp3) is 0.529. The molecule has 5 nitrogen and oxygen atoms in total. The SMILES string of the molecule is CC1(C)[C@@H](C(=O)Nc2ccc(OC(F)(F)Cl)cc2)CC[C@@]1(C)C(=O)[O-]. The molecule has 25 heavy (non-hydrogen) atoms. The molecule has 2 rings (SSSR count). The number of anilines is 1. The molecule has 2 atom stereocenters. The van der Waals surface area contributed by atoms with Crippen LogP contribution in [0.25, 0.3) is 0 Å². The summed E-state index contributed by atoms with van der Waals surface area (Å²) in [5, 5.41) is 14.2. The Hall–Kier alpha value is -1.89. The Morgan fingerprint density at radius 1 is 1.28 bits per heavy atom. The summed E-state index contributed by atoms with van der Waals surface area (Å²) in [6, 6.07) is 5.29. The van der Waals surface area contributed by atoms with E-state index in [-0.39, 0.29) is 11.7 Å². The lowest BCUT2D eigenvalue weighted by atomic mass is 9.65. The van der Waals surface area contributed by atoms with E-state index in [1.807, 2.05) is 0 Å². The molecule has 1 fully saturated rings. The molecular formula is C17H19ClF2NO4-. The van der Waals surface area contributed by atoms with E-state index in [2.05, 4.69) is 21.7 Å². The lowest BCUT2D eigenvalue weighted by molar-refractivity contribution is -0.323. The number of ether oxygens (including phenoxy) is 1. The number of hydrogen-bond acceptors (Lipinski definition) is 4. The summed E-state index contributed by atoms with van der Waals surface area (Å²) in [5.41, 5.74) is -5.32. The second kappa shape index (κ2) is 6.44. The van der Waals surface area contributed by atoms with Crippen molar-refractivity contribution in [1.29, 1.82) is 0 Å². The van der Waals surface area contributed by atoms with E-state index in [0.717, 1.165) is 0 Å². The molecular weight excluding hydrogens is 356 g/mol. The first-order valence-electron chi connectivity index (χ1n) is 7.75. The van der Waals surface area contributed by atoms with E-state index in [9.17, 15) is 23.5 Å². The van der Waals surface area contributed by atoms with Crippen molar-refractivity contribution in [1.82, 2.24) is 0 Å². The van der Waals surface area contributed by atoms with Crippen LogP contribution in [0.3, 0.4) is 0 Å². The van der Waals surface area contributed by atoms with Gasteiger partial charge < -0.3 is 20.0 Å². The molecule has 1 aliphatic carbocycles. The molecule has 1 aromatic carbocycles. The fourth-order valence-corrected chi connectivity index (χ4v) is 3.38. The average molecular weight is 375 g/mol. The van der Waals surface area contributed by atoms with Gasteiger partial charge in [0, 0.05) is 34.6 Å². The largest absolute Gasteiger partial charge is 0.550 e. The third kappa shape index (κ3) is 3.86. The number of carbonyl (C=O) groups is 2. The van der Waals surface area contributed by atoms with Gasteiger partial charge in [0.2, 0.25) is 5.91 Å². The van der Waals surface area contributed by atoms with Crippen LogP contribution in [-0.4, -0.2) is 17.4 Å². The highest BCUT2D eigenvalue weighted by molar-refractivity contribution is 6.20. The average Bonchev–Trinajstić information content (AvgIpc) is 2.71. The molecule has 1 N–H and O–H groups in total. The maximum absolute atomic E-state index is 12.6. The second-order valence-corrected chi connectivity index (χ2v) is 7.43. The normalized spacial score (nSPS) is 25.4. The summed E-state index contributed by atoms with van der Waals surface area (Å²) in [6.45, 7) is 5.06. The van der Waals surface area contributed by atoms with E-state index in [0.29, 0.717) is 18.5 Å². The standard InChI is InChI=1S/C17H20ClF2NO4/c1-15(2)12(8-9-16(15,3)14(23)24)13(22)21-10-4-6-11(7-5-10)25-17(18,19)20/h4-7,12H,8-9H2,1-3H3,(H,21,22)(H,23,24)/p-1/t12-,16+/m1/s1. The number of amides is 1. The minimum absolute atomic E-state index is 0.149. The molecule has 0 aliphatic heterocycles. The lowest BCUT2D eigenvalue weighted by Gasteiger charge is -2.41. The second-order valence-electron chi connectivity index (χ2n) is 6.99. The molecule has 1 amide bonds. The minimum Gasteiger partial charge on any atom is -0.550 e. The number of alkyl halides is 3. The van der Waals surface area contributed by atoms with Gasteiger partial charge >= 0.3 is 5.57 Å². The highest BCUT2D eigenvalue weighted by Crippen LogP contribution is 2.55. The molecule has 1 aromatic rings. The minimum atomic E-state index is -3.81. The van der Waals surface area contributed by atoms with Crippen molar-refractivity contribution in [2.24, 2.45) is 16.7 Å². The number of halogens is 3. The van der Waals surface area contributed by atoms with Crippen molar-refractivity contribution >= 4 is 29.2 Å². The van der Waals surface area contributed by atoms with Gasteiger partial charge in [0.15, 0.2) is 0 Å². The Balaban J connectivity index is 2.09. The molecule has 1 saturated carbocycles. The number of rotatable bonds is 5. The van der Waals surface area contributed by atoms with Crippen molar-refractivity contribution in [2.45, 2.75) is 39.2 Å². The number of benzene rings is 1. The number of carbonyl (C=O) groups excluding carboxylic acids is 2. The molecule has 1 aliphatic rings. The Labute approximate surface area is 149 Å². The van der Waals surface area contributed by atoms with Crippen LogP contribution in [0.5, 0.6) is 5.75 Å². The zero-order valence-electron chi connectivity index (χ0n) is 14.1. The molecule has 0 unspecified atom stereocenters. The highest BCUT2D eigenvalue weighted by Gasteiger charge is 2.54. The van der Waals surface area contributed by atoms with Crippen LogP contribution in [0.1, 0.15) is 33.6 Å². The number of carboxylic acids is 1. The van der Waals surface area contributed by atoms with Crippen LogP contribution < -0.4 is 15.2 Å². The van der Waals surface area contributed by atoms with Gasteiger partial charge in [-0.25, -0.2) is 0 Å². The summed E-state index contributed by atoms with van der Waals surface area (Å²) in [7, 11) is 0. The Kier molecular flexibility index (Phi) is 5.01. The summed E-state index contributed by atoms with van der Waals surface area (Å²) in [6.07, 6.45) is 0.765. The molecule has 0 aromatic heterocycles. The van der Waals surface area contributed by atoms with Crippen molar-refractivity contribution in [3.05, 3.63) is 24.3 Å². The van der Waals surface area contributed by atoms with Gasteiger partial charge in [0.25, 0.3) is 0 Å². The highest BCUT2D eigenvalue weighted by atomic mass is 35.5. The predicted molar refractivity (Wildman–Crippen MR) is 86.1 cm³/mol.